The summed E-state index contributed by atoms with van der Waals surface area (Å²) in [4.78, 5) is 15.4. The van der Waals surface area contributed by atoms with Crippen LogP contribution in [0.25, 0.3) is 0 Å². The molecule has 3 rings (SSSR count). The topological polar surface area (TPSA) is 46.3 Å². The second-order valence-corrected chi connectivity index (χ2v) is 7.65. The zero-order valence-corrected chi connectivity index (χ0v) is 14.5. The van der Waals surface area contributed by atoms with Crippen LogP contribution in [0.15, 0.2) is 30.3 Å². The molecule has 1 aromatic carbocycles. The number of amides is 1. The molecule has 0 aromatic heterocycles. The van der Waals surface area contributed by atoms with Crippen LogP contribution < -0.4 is 5.73 Å². The van der Waals surface area contributed by atoms with Crippen LogP contribution in [-0.4, -0.2) is 29.9 Å². The van der Waals surface area contributed by atoms with Crippen molar-refractivity contribution >= 4 is 5.91 Å². The van der Waals surface area contributed by atoms with Gasteiger partial charge in [-0.05, 0) is 57.1 Å². The molecule has 0 radical (unpaired) electrons. The number of carbonyl (C=O) groups is 1. The molecule has 1 aliphatic carbocycles. The lowest BCUT2D eigenvalue weighted by molar-refractivity contribution is -0.128. The lowest BCUT2D eigenvalue weighted by Gasteiger charge is -2.42. The summed E-state index contributed by atoms with van der Waals surface area (Å²) in [5, 5.41) is 0. The highest BCUT2D eigenvalue weighted by Crippen LogP contribution is 2.49. The maximum Gasteiger partial charge on any atom is 0.228 e. The molecule has 1 saturated heterocycles. The minimum absolute atomic E-state index is 0.105. The molecule has 2 aliphatic rings. The molecule has 3 nitrogen and oxygen atoms in total. The Hall–Kier alpha value is -1.35. The molecule has 0 unspecified atom stereocenters. The van der Waals surface area contributed by atoms with E-state index in [0.29, 0.717) is 17.9 Å². The molecule has 126 valence electrons. The molecule has 2 atom stereocenters. The smallest absolute Gasteiger partial charge is 0.228 e. The van der Waals surface area contributed by atoms with Gasteiger partial charge >= 0.3 is 0 Å². The highest BCUT2D eigenvalue weighted by molar-refractivity contribution is 5.87. The van der Waals surface area contributed by atoms with Crippen LogP contribution in [0.1, 0.15) is 51.5 Å². The Morgan fingerprint density at radius 3 is 2.30 bits per heavy atom. The molecule has 1 saturated carbocycles. The van der Waals surface area contributed by atoms with Crippen LogP contribution in [0.5, 0.6) is 0 Å². The number of benzene rings is 1. The van der Waals surface area contributed by atoms with Crippen LogP contribution in [0.4, 0.5) is 0 Å². The SMILES string of the molecule is CC(C)N1CC[C@H]([C@@](C(N)=O)(c2ccccc2)C2CCCC2)C1. The molecule has 0 spiro atoms. The van der Waals surface area contributed by atoms with Gasteiger partial charge in [0, 0.05) is 12.6 Å². The molecule has 23 heavy (non-hydrogen) atoms. The molecule has 0 bridgehead atoms. The Labute approximate surface area is 140 Å². The summed E-state index contributed by atoms with van der Waals surface area (Å²) in [5.41, 5.74) is 6.79. The van der Waals surface area contributed by atoms with Crippen molar-refractivity contribution in [2.45, 2.75) is 57.4 Å². The zero-order valence-electron chi connectivity index (χ0n) is 14.5. The number of carbonyl (C=O) groups excluding carboxylic acids is 1. The maximum absolute atomic E-state index is 12.9. The minimum atomic E-state index is -0.485. The standard InChI is InChI=1S/C20H30N2O/c1-15(2)22-13-12-18(14-22)20(19(21)23,17-10-6-7-11-17)16-8-4-3-5-9-16/h3-5,8-9,15,17-18H,6-7,10-14H2,1-2H3,(H2,21,23)/t18-,20+/m0/s1. The second-order valence-electron chi connectivity index (χ2n) is 7.65. The van der Waals surface area contributed by atoms with Gasteiger partial charge in [0.1, 0.15) is 0 Å². The molecule has 1 aliphatic heterocycles. The highest BCUT2D eigenvalue weighted by atomic mass is 16.1. The predicted octanol–water partition coefficient (Wildman–Crippen LogP) is 3.33. The first-order valence-electron chi connectivity index (χ1n) is 9.16. The Balaban J connectivity index is 2.04. The minimum Gasteiger partial charge on any atom is -0.369 e. The average molecular weight is 314 g/mol. The number of nitrogens with two attached hydrogens (primary N) is 1. The fourth-order valence-corrected chi connectivity index (χ4v) is 5.07. The van der Waals surface area contributed by atoms with E-state index in [1.165, 1.54) is 12.8 Å². The first kappa shape index (κ1) is 16.5. The number of hydrogen-bond donors (Lipinski definition) is 1. The van der Waals surface area contributed by atoms with Gasteiger partial charge in [-0.2, -0.15) is 0 Å². The van der Waals surface area contributed by atoms with Crippen molar-refractivity contribution in [1.82, 2.24) is 4.90 Å². The van der Waals surface area contributed by atoms with Crippen molar-refractivity contribution in [3.8, 4) is 0 Å². The van der Waals surface area contributed by atoms with E-state index in [1.54, 1.807) is 0 Å². The lowest BCUT2D eigenvalue weighted by Crippen LogP contribution is -2.53. The maximum atomic E-state index is 12.9. The number of rotatable bonds is 5. The Morgan fingerprint density at radius 2 is 1.78 bits per heavy atom. The quantitative estimate of drug-likeness (QED) is 0.906. The number of hydrogen-bond acceptors (Lipinski definition) is 2. The van der Waals surface area contributed by atoms with Gasteiger partial charge in [-0.1, -0.05) is 43.2 Å². The molecular formula is C20H30N2O. The van der Waals surface area contributed by atoms with Gasteiger partial charge in [0.15, 0.2) is 0 Å². The first-order chi connectivity index (χ1) is 11.1. The summed E-state index contributed by atoms with van der Waals surface area (Å²) in [6, 6.07) is 10.9. The second kappa shape index (κ2) is 6.64. The van der Waals surface area contributed by atoms with E-state index in [1.807, 2.05) is 6.07 Å². The lowest BCUT2D eigenvalue weighted by atomic mass is 9.61. The van der Waals surface area contributed by atoms with E-state index in [4.69, 9.17) is 5.73 Å². The van der Waals surface area contributed by atoms with Crippen LogP contribution >= 0.6 is 0 Å². The van der Waals surface area contributed by atoms with E-state index < -0.39 is 5.41 Å². The third-order valence-electron chi connectivity index (χ3n) is 6.25. The van der Waals surface area contributed by atoms with Gasteiger partial charge in [0.25, 0.3) is 0 Å². The monoisotopic (exact) mass is 314 g/mol. The highest BCUT2D eigenvalue weighted by Gasteiger charge is 2.53. The van der Waals surface area contributed by atoms with E-state index in [0.717, 1.165) is 37.9 Å². The van der Waals surface area contributed by atoms with E-state index in [9.17, 15) is 4.79 Å². The molecule has 2 N–H and O–H groups in total. The fraction of sp³-hybridized carbons (Fsp3) is 0.650. The van der Waals surface area contributed by atoms with E-state index in [2.05, 4.69) is 43.0 Å². The van der Waals surface area contributed by atoms with Gasteiger partial charge in [0.2, 0.25) is 5.91 Å². The van der Waals surface area contributed by atoms with Crippen LogP contribution in [0.3, 0.4) is 0 Å². The molecular weight excluding hydrogens is 284 g/mol. The summed E-state index contributed by atoms with van der Waals surface area (Å²) in [6.45, 7) is 6.56. The predicted molar refractivity (Wildman–Crippen MR) is 94.1 cm³/mol. The summed E-state index contributed by atoms with van der Waals surface area (Å²) in [6.07, 6.45) is 5.80. The summed E-state index contributed by atoms with van der Waals surface area (Å²) >= 11 is 0. The third kappa shape index (κ3) is 2.80. The Morgan fingerprint density at radius 1 is 1.13 bits per heavy atom. The number of nitrogens with zero attached hydrogens (tertiary/aromatic N) is 1. The Kier molecular flexibility index (Phi) is 4.77. The van der Waals surface area contributed by atoms with Crippen molar-refractivity contribution in [2.75, 3.05) is 13.1 Å². The summed E-state index contributed by atoms with van der Waals surface area (Å²) < 4.78 is 0. The zero-order chi connectivity index (χ0) is 16.4. The van der Waals surface area contributed by atoms with Crippen LogP contribution in [-0.2, 0) is 10.2 Å². The number of likely N-dealkylation sites (tertiary alicyclic amines) is 1. The molecule has 1 aromatic rings. The van der Waals surface area contributed by atoms with Gasteiger partial charge in [-0.3, -0.25) is 4.79 Å². The van der Waals surface area contributed by atoms with Crippen LogP contribution in [0, 0.1) is 11.8 Å². The van der Waals surface area contributed by atoms with Crippen molar-refractivity contribution in [1.29, 1.82) is 0 Å². The van der Waals surface area contributed by atoms with Gasteiger partial charge in [-0.15, -0.1) is 0 Å². The van der Waals surface area contributed by atoms with Crippen molar-refractivity contribution < 1.29 is 4.79 Å². The Bertz CT molecular complexity index is 536. The molecule has 1 heterocycles. The van der Waals surface area contributed by atoms with Gasteiger partial charge in [0.05, 0.1) is 5.41 Å². The fourth-order valence-electron chi connectivity index (χ4n) is 5.07. The van der Waals surface area contributed by atoms with E-state index in [-0.39, 0.29) is 5.91 Å². The molecule has 2 fully saturated rings. The summed E-state index contributed by atoms with van der Waals surface area (Å²) in [5.74, 6) is 0.638. The summed E-state index contributed by atoms with van der Waals surface area (Å²) in [7, 11) is 0. The van der Waals surface area contributed by atoms with Crippen molar-refractivity contribution in [3.05, 3.63) is 35.9 Å². The van der Waals surface area contributed by atoms with Gasteiger partial charge in [-0.25, -0.2) is 0 Å². The molecule has 1 amide bonds. The normalized spacial score (nSPS) is 25.8. The number of primary amides is 1. The third-order valence-corrected chi connectivity index (χ3v) is 6.25. The largest absolute Gasteiger partial charge is 0.369 e. The van der Waals surface area contributed by atoms with Crippen molar-refractivity contribution in [3.63, 3.8) is 0 Å². The van der Waals surface area contributed by atoms with Gasteiger partial charge < -0.3 is 10.6 Å². The van der Waals surface area contributed by atoms with E-state index >= 15 is 0 Å². The van der Waals surface area contributed by atoms with Crippen LogP contribution in [0.2, 0.25) is 0 Å². The first-order valence-corrected chi connectivity index (χ1v) is 9.16. The molecule has 3 heteroatoms. The average Bonchev–Trinajstić information content (AvgIpc) is 3.21. The van der Waals surface area contributed by atoms with Crippen molar-refractivity contribution in [2.24, 2.45) is 17.6 Å².